The fourth-order valence-electron chi connectivity index (χ4n) is 3.35. The van der Waals surface area contributed by atoms with Gasteiger partial charge in [-0.1, -0.05) is 0 Å². The molecule has 4 N–H and O–H groups in total. The first-order valence-electron chi connectivity index (χ1n) is 8.40. The maximum absolute atomic E-state index is 9.21. The van der Waals surface area contributed by atoms with Crippen LogP contribution in [0, 0.1) is 11.3 Å². The third-order valence-corrected chi connectivity index (χ3v) is 5.03. The Kier molecular flexibility index (Phi) is 3.19. The highest BCUT2D eigenvalue weighted by Crippen LogP contribution is 2.39. The van der Waals surface area contributed by atoms with E-state index in [-0.39, 0.29) is 11.1 Å². The number of hydrogen-bond donors (Lipinski definition) is 3. The number of aromatic nitrogens is 2. The van der Waals surface area contributed by atoms with E-state index in [1.165, 1.54) is 0 Å². The Bertz CT molecular complexity index is 838. The number of nitriles is 1. The van der Waals surface area contributed by atoms with Crippen LogP contribution in [0.1, 0.15) is 45.2 Å². The Morgan fingerprint density at radius 1 is 1.29 bits per heavy atom. The van der Waals surface area contributed by atoms with Crippen molar-refractivity contribution in [2.45, 2.75) is 56.7 Å². The van der Waals surface area contributed by atoms with Crippen molar-refractivity contribution in [3.8, 4) is 6.07 Å². The van der Waals surface area contributed by atoms with Gasteiger partial charge in [0.1, 0.15) is 23.4 Å². The largest absolute Gasteiger partial charge is 0.367 e. The van der Waals surface area contributed by atoms with Crippen LogP contribution in [-0.4, -0.2) is 27.1 Å². The Labute approximate surface area is 141 Å². The van der Waals surface area contributed by atoms with Crippen LogP contribution in [0.4, 0.5) is 11.6 Å². The van der Waals surface area contributed by atoms with Crippen LogP contribution in [0.25, 0.3) is 10.8 Å². The average molecular weight is 322 g/mol. The lowest BCUT2D eigenvalue weighted by Crippen LogP contribution is -2.54. The van der Waals surface area contributed by atoms with Gasteiger partial charge in [-0.05, 0) is 51.7 Å². The lowest BCUT2D eigenvalue weighted by atomic mass is 9.75. The van der Waals surface area contributed by atoms with E-state index >= 15 is 0 Å². The summed E-state index contributed by atoms with van der Waals surface area (Å²) < 4.78 is 0. The number of nitrogens with one attached hydrogen (secondary N) is 2. The summed E-state index contributed by atoms with van der Waals surface area (Å²) in [7, 11) is 0. The molecule has 124 valence electrons. The van der Waals surface area contributed by atoms with Crippen molar-refractivity contribution < 1.29 is 0 Å². The summed E-state index contributed by atoms with van der Waals surface area (Å²) in [6.45, 7) is 4.25. The quantitative estimate of drug-likeness (QED) is 0.800. The maximum Gasteiger partial charge on any atom is 0.143 e. The molecule has 2 aromatic heterocycles. The molecule has 0 saturated heterocycles. The Balaban J connectivity index is 1.66. The van der Waals surface area contributed by atoms with Crippen molar-refractivity contribution in [2.24, 2.45) is 5.73 Å². The summed E-state index contributed by atoms with van der Waals surface area (Å²) in [6, 6.07) is 6.30. The van der Waals surface area contributed by atoms with Gasteiger partial charge in [0.2, 0.25) is 0 Å². The maximum atomic E-state index is 9.21. The number of hydrogen-bond acceptors (Lipinski definition) is 6. The van der Waals surface area contributed by atoms with Gasteiger partial charge in [0.15, 0.2) is 0 Å². The van der Waals surface area contributed by atoms with E-state index in [1.807, 2.05) is 6.07 Å². The van der Waals surface area contributed by atoms with Crippen molar-refractivity contribution in [2.75, 3.05) is 10.6 Å². The molecule has 24 heavy (non-hydrogen) atoms. The molecule has 0 radical (unpaired) electrons. The summed E-state index contributed by atoms with van der Waals surface area (Å²) in [5.41, 5.74) is 6.52. The molecule has 2 aromatic rings. The molecule has 2 fully saturated rings. The first-order valence-corrected chi connectivity index (χ1v) is 8.40. The molecule has 2 saturated carbocycles. The van der Waals surface area contributed by atoms with E-state index in [1.54, 1.807) is 12.3 Å². The number of nitrogens with two attached hydrogens (primary N) is 1. The van der Waals surface area contributed by atoms with Gasteiger partial charge in [-0.3, -0.25) is 0 Å². The molecule has 0 atom stereocenters. The van der Waals surface area contributed by atoms with Gasteiger partial charge in [0, 0.05) is 34.1 Å². The van der Waals surface area contributed by atoms with Crippen LogP contribution in [0.5, 0.6) is 0 Å². The van der Waals surface area contributed by atoms with Crippen LogP contribution in [0.3, 0.4) is 0 Å². The third-order valence-electron chi connectivity index (χ3n) is 5.03. The number of rotatable bonds is 4. The smallest absolute Gasteiger partial charge is 0.143 e. The standard InChI is InChI=1S/C18H22N6/c1-17(20)7-13(8-17)22-15-6-14-11(10-21-15)5-12(9-19)23-16(14)24-18(2)3-4-18/h5-6,10,13H,3-4,7-8,20H2,1-2H3,(H,21,22)(H,23,24). The first-order chi connectivity index (χ1) is 11.4. The summed E-state index contributed by atoms with van der Waals surface area (Å²) in [4.78, 5) is 8.96. The van der Waals surface area contributed by atoms with Gasteiger partial charge in [-0.15, -0.1) is 0 Å². The molecule has 0 unspecified atom stereocenters. The van der Waals surface area contributed by atoms with Gasteiger partial charge in [-0.25, -0.2) is 9.97 Å². The zero-order chi connectivity index (χ0) is 16.9. The van der Waals surface area contributed by atoms with E-state index in [9.17, 15) is 5.26 Å². The minimum atomic E-state index is -0.0644. The first kappa shape index (κ1) is 15.2. The minimum absolute atomic E-state index is 0.0644. The summed E-state index contributed by atoms with van der Waals surface area (Å²) in [5.74, 6) is 1.60. The molecule has 0 bridgehead atoms. The molecule has 6 nitrogen and oxygen atoms in total. The molecular formula is C18H22N6. The fourth-order valence-corrected chi connectivity index (χ4v) is 3.35. The van der Waals surface area contributed by atoms with Gasteiger partial charge in [-0.2, -0.15) is 5.26 Å². The molecule has 2 aliphatic carbocycles. The van der Waals surface area contributed by atoms with Gasteiger partial charge in [0.25, 0.3) is 0 Å². The SMILES string of the molecule is CC1(N)CC(Nc2cc3c(NC4(C)CC4)nc(C#N)cc3cn2)C1. The van der Waals surface area contributed by atoms with E-state index < -0.39 is 0 Å². The third kappa shape index (κ3) is 2.87. The summed E-state index contributed by atoms with van der Waals surface area (Å²) in [6.07, 6.45) is 5.95. The van der Waals surface area contributed by atoms with Crippen molar-refractivity contribution in [1.82, 2.24) is 9.97 Å². The van der Waals surface area contributed by atoms with Crippen molar-refractivity contribution in [1.29, 1.82) is 5.26 Å². The van der Waals surface area contributed by atoms with Crippen LogP contribution >= 0.6 is 0 Å². The zero-order valence-corrected chi connectivity index (χ0v) is 14.1. The molecular weight excluding hydrogens is 300 g/mol. The average Bonchev–Trinajstić information content (AvgIpc) is 3.23. The second-order valence-corrected chi connectivity index (χ2v) is 7.85. The van der Waals surface area contributed by atoms with E-state index in [0.29, 0.717) is 11.7 Å². The van der Waals surface area contributed by atoms with Crippen molar-refractivity contribution in [3.63, 3.8) is 0 Å². The fraction of sp³-hybridized carbons (Fsp3) is 0.500. The van der Waals surface area contributed by atoms with Crippen LogP contribution in [0.2, 0.25) is 0 Å². The second kappa shape index (κ2) is 5.05. The highest BCUT2D eigenvalue weighted by Gasteiger charge is 2.38. The molecule has 6 heteroatoms. The van der Waals surface area contributed by atoms with Gasteiger partial charge >= 0.3 is 0 Å². The summed E-state index contributed by atoms with van der Waals surface area (Å²) >= 11 is 0. The Hall–Kier alpha value is -2.39. The van der Waals surface area contributed by atoms with Crippen LogP contribution < -0.4 is 16.4 Å². The number of fused-ring (bicyclic) bond motifs is 1. The van der Waals surface area contributed by atoms with E-state index in [4.69, 9.17) is 5.73 Å². The molecule has 4 rings (SSSR count). The Morgan fingerprint density at radius 2 is 2.04 bits per heavy atom. The van der Waals surface area contributed by atoms with Crippen molar-refractivity contribution in [3.05, 3.63) is 24.0 Å². The lowest BCUT2D eigenvalue weighted by molar-refractivity contribution is 0.248. The number of nitrogens with zero attached hydrogens (tertiary/aromatic N) is 3. The predicted octanol–water partition coefficient (Wildman–Crippen LogP) is 2.76. The minimum Gasteiger partial charge on any atom is -0.367 e. The van der Waals surface area contributed by atoms with Crippen LogP contribution in [-0.2, 0) is 0 Å². The number of pyridine rings is 2. The van der Waals surface area contributed by atoms with Gasteiger partial charge in [0.05, 0.1) is 0 Å². The molecule has 0 spiro atoms. The van der Waals surface area contributed by atoms with Crippen LogP contribution in [0.15, 0.2) is 18.3 Å². The molecule has 0 aromatic carbocycles. The van der Waals surface area contributed by atoms with E-state index in [0.717, 1.165) is 48.1 Å². The lowest BCUT2D eigenvalue weighted by Gasteiger charge is -2.42. The molecule has 0 amide bonds. The van der Waals surface area contributed by atoms with Gasteiger partial charge < -0.3 is 16.4 Å². The summed E-state index contributed by atoms with van der Waals surface area (Å²) in [5, 5.41) is 18.1. The highest BCUT2D eigenvalue weighted by atomic mass is 15.1. The zero-order valence-electron chi connectivity index (χ0n) is 14.1. The monoisotopic (exact) mass is 322 g/mol. The number of anilines is 2. The van der Waals surface area contributed by atoms with Crippen molar-refractivity contribution >= 4 is 22.4 Å². The topological polar surface area (TPSA) is 99.6 Å². The highest BCUT2D eigenvalue weighted by molar-refractivity contribution is 5.94. The van der Waals surface area contributed by atoms with E-state index in [2.05, 4.69) is 40.5 Å². The normalized spacial score (nSPS) is 27.2. The second-order valence-electron chi connectivity index (χ2n) is 7.85. The molecule has 0 aliphatic heterocycles. The molecule has 2 aliphatic rings. The molecule has 2 heterocycles. The predicted molar refractivity (Wildman–Crippen MR) is 94.8 cm³/mol. The Morgan fingerprint density at radius 3 is 2.67 bits per heavy atom.